The SMILES string of the molecule is COc1cc2ncnc(NC3(c4ccccc4)CC3)c2cc1NC(=O)N1CC[C@@H](N(C)C)C1. The molecule has 33 heavy (non-hydrogen) atoms. The number of benzene rings is 2. The number of carbonyl (C=O) groups excluding carboxylic acids is 1. The van der Waals surface area contributed by atoms with Gasteiger partial charge in [0.15, 0.2) is 0 Å². The molecule has 172 valence electrons. The van der Waals surface area contributed by atoms with Crippen LogP contribution in [0.25, 0.3) is 10.9 Å². The average Bonchev–Trinajstić information content (AvgIpc) is 3.43. The summed E-state index contributed by atoms with van der Waals surface area (Å²) < 4.78 is 5.58. The van der Waals surface area contributed by atoms with E-state index in [4.69, 9.17) is 4.74 Å². The molecule has 5 rings (SSSR count). The quantitative estimate of drug-likeness (QED) is 0.598. The minimum Gasteiger partial charge on any atom is -0.494 e. The van der Waals surface area contributed by atoms with Crippen molar-refractivity contribution in [1.29, 1.82) is 0 Å². The molecule has 0 bridgehead atoms. The normalized spacial score (nSPS) is 19.0. The van der Waals surface area contributed by atoms with Crippen molar-refractivity contribution in [1.82, 2.24) is 19.8 Å². The van der Waals surface area contributed by atoms with Crippen molar-refractivity contribution < 1.29 is 9.53 Å². The third-order valence-electron chi connectivity index (χ3n) is 6.81. The minimum absolute atomic E-state index is 0.109. The van der Waals surface area contributed by atoms with Crippen molar-refractivity contribution in [2.24, 2.45) is 0 Å². The van der Waals surface area contributed by atoms with Crippen molar-refractivity contribution in [2.45, 2.75) is 30.8 Å². The number of methoxy groups -OCH3 is 1. The van der Waals surface area contributed by atoms with Gasteiger partial charge >= 0.3 is 6.03 Å². The van der Waals surface area contributed by atoms with E-state index in [1.807, 2.05) is 23.1 Å². The molecule has 0 spiro atoms. The van der Waals surface area contributed by atoms with E-state index in [2.05, 4.69) is 63.9 Å². The summed E-state index contributed by atoms with van der Waals surface area (Å²) in [6, 6.07) is 14.5. The zero-order chi connectivity index (χ0) is 23.0. The minimum atomic E-state index is -0.119. The average molecular weight is 447 g/mol. The van der Waals surface area contributed by atoms with Crippen molar-refractivity contribution in [3.63, 3.8) is 0 Å². The Bertz CT molecular complexity index is 1160. The fraction of sp³-hybridized carbons (Fsp3) is 0.400. The van der Waals surface area contributed by atoms with Crippen molar-refractivity contribution in [3.05, 3.63) is 54.4 Å². The number of carbonyl (C=O) groups is 1. The first-order valence-corrected chi connectivity index (χ1v) is 11.4. The molecule has 3 aromatic rings. The van der Waals surface area contributed by atoms with Crippen LogP contribution in [0.2, 0.25) is 0 Å². The summed E-state index contributed by atoms with van der Waals surface area (Å²) in [6.45, 7) is 1.45. The Hall–Kier alpha value is -3.39. The second-order valence-electron chi connectivity index (χ2n) is 9.15. The van der Waals surface area contributed by atoms with Crippen molar-refractivity contribution in [3.8, 4) is 5.75 Å². The molecule has 1 aliphatic heterocycles. The molecule has 2 fully saturated rings. The summed E-state index contributed by atoms with van der Waals surface area (Å²) in [5, 5.41) is 7.56. The lowest BCUT2D eigenvalue weighted by molar-refractivity contribution is 0.216. The number of likely N-dealkylation sites (tertiary alicyclic amines) is 1. The summed E-state index contributed by atoms with van der Waals surface area (Å²) in [5.74, 6) is 1.33. The number of likely N-dealkylation sites (N-methyl/N-ethyl adjacent to an activating group) is 1. The number of nitrogens with zero attached hydrogens (tertiary/aromatic N) is 4. The van der Waals surface area contributed by atoms with Gasteiger partial charge in [0.1, 0.15) is 17.9 Å². The van der Waals surface area contributed by atoms with Gasteiger partial charge in [-0.05, 0) is 45.0 Å². The zero-order valence-corrected chi connectivity index (χ0v) is 19.3. The largest absolute Gasteiger partial charge is 0.494 e. The number of amides is 2. The van der Waals surface area contributed by atoms with Gasteiger partial charge in [-0.2, -0.15) is 0 Å². The molecule has 0 radical (unpaired) electrons. The molecule has 1 saturated carbocycles. The highest BCUT2D eigenvalue weighted by Gasteiger charge is 2.44. The highest BCUT2D eigenvalue weighted by Crippen LogP contribution is 2.48. The highest BCUT2D eigenvalue weighted by molar-refractivity contribution is 5.98. The standard InChI is InChI=1S/C25H30N6O2/c1-30(2)18-9-12-31(15-18)24(32)28-21-13-19-20(14-22(21)33-3)26-16-27-23(19)29-25(10-11-25)17-7-5-4-6-8-17/h4-8,13-14,16,18H,9-12,15H2,1-3H3,(H,28,32)(H,26,27,29)/t18-/m1/s1. The van der Waals surface area contributed by atoms with E-state index < -0.39 is 0 Å². The predicted molar refractivity (Wildman–Crippen MR) is 130 cm³/mol. The van der Waals surface area contributed by atoms with E-state index in [1.165, 1.54) is 5.56 Å². The van der Waals surface area contributed by atoms with Crippen LogP contribution >= 0.6 is 0 Å². The number of ether oxygens (including phenoxy) is 1. The monoisotopic (exact) mass is 446 g/mol. The maximum Gasteiger partial charge on any atom is 0.322 e. The van der Waals surface area contributed by atoms with Crippen LogP contribution in [0.3, 0.4) is 0 Å². The Morgan fingerprint density at radius 3 is 2.64 bits per heavy atom. The number of aromatic nitrogens is 2. The summed E-state index contributed by atoms with van der Waals surface area (Å²) in [5.41, 5.74) is 2.52. The first-order chi connectivity index (χ1) is 16.0. The molecule has 1 aromatic heterocycles. The Balaban J connectivity index is 1.43. The Morgan fingerprint density at radius 1 is 1.18 bits per heavy atom. The molecule has 2 heterocycles. The third-order valence-corrected chi connectivity index (χ3v) is 6.81. The molecule has 2 aromatic carbocycles. The van der Waals surface area contributed by atoms with Gasteiger partial charge in [-0.25, -0.2) is 14.8 Å². The van der Waals surface area contributed by atoms with E-state index in [-0.39, 0.29) is 11.6 Å². The molecule has 2 N–H and O–H groups in total. The van der Waals surface area contributed by atoms with Gasteiger partial charge in [-0.3, -0.25) is 0 Å². The van der Waals surface area contributed by atoms with Crippen LogP contribution in [0.1, 0.15) is 24.8 Å². The van der Waals surface area contributed by atoms with E-state index in [1.54, 1.807) is 13.4 Å². The zero-order valence-electron chi connectivity index (χ0n) is 19.3. The third kappa shape index (κ3) is 4.18. The molecule has 8 nitrogen and oxygen atoms in total. The lowest BCUT2D eigenvalue weighted by Crippen LogP contribution is -2.36. The van der Waals surface area contributed by atoms with Crippen LogP contribution in [0.15, 0.2) is 48.8 Å². The number of urea groups is 1. The smallest absolute Gasteiger partial charge is 0.322 e. The molecular formula is C25H30N6O2. The van der Waals surface area contributed by atoms with Crippen LogP contribution in [0, 0.1) is 0 Å². The molecule has 2 aliphatic rings. The molecule has 0 unspecified atom stereocenters. The van der Waals surface area contributed by atoms with Crippen molar-refractivity contribution >= 4 is 28.4 Å². The number of rotatable bonds is 6. The fourth-order valence-electron chi connectivity index (χ4n) is 4.59. The molecule has 1 saturated heterocycles. The molecule has 2 amide bonds. The number of fused-ring (bicyclic) bond motifs is 1. The molecule has 1 atom stereocenters. The van der Waals surface area contributed by atoms with Crippen LogP contribution in [0.5, 0.6) is 5.75 Å². The summed E-state index contributed by atoms with van der Waals surface area (Å²) in [4.78, 5) is 26.0. The van der Waals surface area contributed by atoms with Crippen LogP contribution in [0.4, 0.5) is 16.3 Å². The van der Waals surface area contributed by atoms with Crippen LogP contribution in [-0.2, 0) is 5.54 Å². The van der Waals surface area contributed by atoms with Crippen molar-refractivity contribution in [2.75, 3.05) is 44.9 Å². The summed E-state index contributed by atoms with van der Waals surface area (Å²) >= 11 is 0. The van der Waals surface area contributed by atoms with E-state index >= 15 is 0 Å². The van der Waals surface area contributed by atoms with Gasteiger partial charge in [0, 0.05) is 30.6 Å². The van der Waals surface area contributed by atoms with Gasteiger partial charge < -0.3 is 25.2 Å². The van der Waals surface area contributed by atoms with Gasteiger partial charge in [-0.15, -0.1) is 0 Å². The van der Waals surface area contributed by atoms with E-state index in [9.17, 15) is 4.79 Å². The van der Waals surface area contributed by atoms with Crippen LogP contribution in [-0.4, -0.2) is 66.1 Å². The van der Waals surface area contributed by atoms with E-state index in [0.29, 0.717) is 24.0 Å². The maximum absolute atomic E-state index is 13.0. The second-order valence-corrected chi connectivity index (χ2v) is 9.15. The maximum atomic E-state index is 13.0. The molecular weight excluding hydrogens is 416 g/mol. The first-order valence-electron chi connectivity index (χ1n) is 11.4. The first kappa shape index (κ1) is 21.5. The molecule has 8 heteroatoms. The summed E-state index contributed by atoms with van der Waals surface area (Å²) in [7, 11) is 5.70. The van der Waals surface area contributed by atoms with Crippen LogP contribution < -0.4 is 15.4 Å². The van der Waals surface area contributed by atoms with Gasteiger partial charge in [0.05, 0.1) is 23.9 Å². The lowest BCUT2D eigenvalue weighted by atomic mass is 10.0. The molecule has 1 aliphatic carbocycles. The Kier molecular flexibility index (Phi) is 5.54. The summed E-state index contributed by atoms with van der Waals surface area (Å²) in [6.07, 6.45) is 4.63. The number of nitrogens with one attached hydrogen (secondary N) is 2. The number of anilines is 2. The fourth-order valence-corrected chi connectivity index (χ4v) is 4.59. The Morgan fingerprint density at radius 2 is 1.97 bits per heavy atom. The van der Waals surface area contributed by atoms with Gasteiger partial charge in [0.2, 0.25) is 0 Å². The lowest BCUT2D eigenvalue weighted by Gasteiger charge is -2.22. The van der Waals surface area contributed by atoms with Gasteiger partial charge in [0.25, 0.3) is 0 Å². The van der Waals surface area contributed by atoms with E-state index in [0.717, 1.165) is 42.5 Å². The van der Waals surface area contributed by atoms with Gasteiger partial charge in [-0.1, -0.05) is 30.3 Å². The second kappa shape index (κ2) is 8.51. The highest BCUT2D eigenvalue weighted by atomic mass is 16.5. The number of hydrogen-bond acceptors (Lipinski definition) is 6. The Labute approximate surface area is 194 Å². The number of hydrogen-bond donors (Lipinski definition) is 2. The topological polar surface area (TPSA) is 82.6 Å². The predicted octanol–water partition coefficient (Wildman–Crippen LogP) is 3.91.